The van der Waals surface area contributed by atoms with Crippen LogP contribution in [0.1, 0.15) is 24.0 Å². The van der Waals surface area contributed by atoms with Crippen LogP contribution in [-0.2, 0) is 16.1 Å². The number of amides is 4. The Morgan fingerprint density at radius 1 is 1.07 bits per heavy atom. The van der Waals surface area contributed by atoms with Crippen molar-refractivity contribution in [2.75, 3.05) is 51.1 Å². The van der Waals surface area contributed by atoms with E-state index in [1.54, 1.807) is 6.07 Å². The second-order valence-corrected chi connectivity index (χ2v) is 11.2. The number of carbonyl (C=O) groups excluding carboxylic acids is 3. The van der Waals surface area contributed by atoms with Gasteiger partial charge in [0, 0.05) is 48.3 Å². The van der Waals surface area contributed by atoms with Crippen LogP contribution in [-0.4, -0.2) is 79.5 Å². The van der Waals surface area contributed by atoms with Crippen LogP contribution in [0.15, 0.2) is 72.9 Å². The molecule has 3 aromatic carbocycles. The summed E-state index contributed by atoms with van der Waals surface area (Å²) in [5.41, 5.74) is 3.82. The van der Waals surface area contributed by atoms with Gasteiger partial charge in [-0.2, -0.15) is 0 Å². The maximum atomic E-state index is 14.0. The molecule has 10 nitrogen and oxygen atoms in total. The highest BCUT2D eigenvalue weighted by molar-refractivity contribution is 6.01. The average Bonchev–Trinajstić information content (AvgIpc) is 3.44. The highest BCUT2D eigenvalue weighted by Crippen LogP contribution is 2.31. The Labute approximate surface area is 255 Å². The lowest BCUT2D eigenvalue weighted by Crippen LogP contribution is -2.58. The van der Waals surface area contributed by atoms with Crippen molar-refractivity contribution in [3.05, 3.63) is 89.9 Å². The predicted molar refractivity (Wildman–Crippen MR) is 168 cm³/mol. The zero-order chi connectivity index (χ0) is 31.4. The van der Waals surface area contributed by atoms with Crippen LogP contribution in [0, 0.1) is 5.82 Å². The number of urea groups is 1. The summed E-state index contributed by atoms with van der Waals surface area (Å²) in [5.74, 6) is -1.07. The van der Waals surface area contributed by atoms with Crippen molar-refractivity contribution < 1.29 is 23.5 Å². The van der Waals surface area contributed by atoms with E-state index in [0.29, 0.717) is 23.7 Å². The largest absolute Gasteiger partial charge is 0.495 e. The number of H-pyrrole nitrogens is 1. The number of rotatable bonds is 9. The fourth-order valence-corrected chi connectivity index (χ4v) is 5.56. The fraction of sp³-hybridized carbons (Fsp3) is 0.303. The minimum absolute atomic E-state index is 0.181. The molecule has 0 unspecified atom stereocenters. The number of aromatic nitrogens is 1. The lowest BCUT2D eigenvalue weighted by atomic mass is 9.92. The fourth-order valence-electron chi connectivity index (χ4n) is 5.56. The maximum absolute atomic E-state index is 14.0. The Balaban J connectivity index is 1.39. The first-order chi connectivity index (χ1) is 21.1. The number of halogens is 1. The van der Waals surface area contributed by atoms with Gasteiger partial charge in [-0.15, -0.1) is 0 Å². The molecule has 4 aromatic rings. The number of carbonyl (C=O) groups is 3. The average molecular weight is 601 g/mol. The maximum Gasteiger partial charge on any atom is 0.318 e. The lowest BCUT2D eigenvalue weighted by molar-refractivity contribution is -0.120. The molecule has 0 bridgehead atoms. The molecule has 11 heteroatoms. The number of anilines is 2. The molecule has 2 heterocycles. The van der Waals surface area contributed by atoms with Gasteiger partial charge >= 0.3 is 6.03 Å². The quantitative estimate of drug-likeness (QED) is 0.261. The van der Waals surface area contributed by atoms with E-state index >= 15 is 0 Å². The number of benzene rings is 3. The molecule has 0 spiro atoms. The van der Waals surface area contributed by atoms with Gasteiger partial charge in [0.1, 0.15) is 24.2 Å². The summed E-state index contributed by atoms with van der Waals surface area (Å²) < 4.78 is 18.9. The molecule has 1 saturated heterocycles. The van der Waals surface area contributed by atoms with Crippen LogP contribution < -0.4 is 20.3 Å². The van der Waals surface area contributed by atoms with Crippen molar-refractivity contribution in [1.82, 2.24) is 20.1 Å². The molecular formula is C33H37FN6O4. The van der Waals surface area contributed by atoms with Crippen molar-refractivity contribution in [1.29, 1.82) is 0 Å². The summed E-state index contributed by atoms with van der Waals surface area (Å²) in [5, 5.41) is 6.85. The molecule has 1 aromatic heterocycles. The van der Waals surface area contributed by atoms with E-state index in [-0.39, 0.29) is 25.5 Å². The first-order valence-electron chi connectivity index (χ1n) is 14.4. The van der Waals surface area contributed by atoms with Gasteiger partial charge in [0.15, 0.2) is 0 Å². The summed E-state index contributed by atoms with van der Waals surface area (Å²) in [6, 6.07) is 17.5. The van der Waals surface area contributed by atoms with E-state index in [1.807, 2.05) is 68.5 Å². The Bertz CT molecular complexity index is 1650. The van der Waals surface area contributed by atoms with Gasteiger partial charge in [0.2, 0.25) is 11.8 Å². The topological polar surface area (TPSA) is 110 Å². The van der Waals surface area contributed by atoms with E-state index in [4.69, 9.17) is 4.74 Å². The van der Waals surface area contributed by atoms with E-state index in [0.717, 1.165) is 22.0 Å². The number of para-hydroxylation sites is 1. The molecule has 230 valence electrons. The van der Waals surface area contributed by atoms with Crippen molar-refractivity contribution >= 4 is 40.1 Å². The van der Waals surface area contributed by atoms with Gasteiger partial charge in [-0.3, -0.25) is 9.59 Å². The Morgan fingerprint density at radius 3 is 2.52 bits per heavy atom. The van der Waals surface area contributed by atoms with Crippen LogP contribution in [0.4, 0.5) is 20.6 Å². The number of hydrogen-bond acceptors (Lipinski definition) is 5. The SMILES string of the molecule is COc1ccc(CN(C)C)cc1NC(=O)[C@H](NC(=O)N1CCN(c2ccc(F)cc2)C(=O)C1)[C@@H](C)c1c[nH]c2ccccc12. The zero-order valence-corrected chi connectivity index (χ0v) is 25.3. The lowest BCUT2D eigenvalue weighted by Gasteiger charge is -2.35. The summed E-state index contributed by atoms with van der Waals surface area (Å²) >= 11 is 0. The van der Waals surface area contributed by atoms with E-state index in [1.165, 1.54) is 41.2 Å². The second-order valence-electron chi connectivity index (χ2n) is 11.2. The number of aromatic amines is 1. The number of hydrogen-bond donors (Lipinski definition) is 3. The molecule has 0 radical (unpaired) electrons. The van der Waals surface area contributed by atoms with Crippen LogP contribution in [0.5, 0.6) is 5.75 Å². The smallest absolute Gasteiger partial charge is 0.318 e. The van der Waals surface area contributed by atoms with E-state index < -0.39 is 29.7 Å². The molecule has 1 aliphatic rings. The van der Waals surface area contributed by atoms with Gasteiger partial charge in [0.25, 0.3) is 0 Å². The van der Waals surface area contributed by atoms with Crippen molar-refractivity contribution in [3.8, 4) is 5.75 Å². The Morgan fingerprint density at radius 2 is 1.82 bits per heavy atom. The van der Waals surface area contributed by atoms with Crippen LogP contribution in [0.3, 0.4) is 0 Å². The number of methoxy groups -OCH3 is 1. The second kappa shape index (κ2) is 13.2. The van der Waals surface area contributed by atoms with E-state index in [2.05, 4.69) is 15.6 Å². The normalized spacial score (nSPS) is 14.9. The van der Waals surface area contributed by atoms with Crippen LogP contribution >= 0.6 is 0 Å². The van der Waals surface area contributed by atoms with Gasteiger partial charge in [-0.1, -0.05) is 31.2 Å². The highest BCUT2D eigenvalue weighted by Gasteiger charge is 2.34. The molecule has 0 aliphatic carbocycles. The molecular weight excluding hydrogens is 563 g/mol. The number of nitrogens with zero attached hydrogens (tertiary/aromatic N) is 3. The summed E-state index contributed by atoms with van der Waals surface area (Å²) in [4.78, 5) is 48.8. The number of fused-ring (bicyclic) bond motifs is 1. The van der Waals surface area contributed by atoms with Crippen LogP contribution in [0.2, 0.25) is 0 Å². The third-order valence-corrected chi connectivity index (χ3v) is 7.84. The number of ether oxygens (including phenoxy) is 1. The van der Waals surface area contributed by atoms with Crippen molar-refractivity contribution in [2.24, 2.45) is 0 Å². The minimum atomic E-state index is -0.992. The third kappa shape index (κ3) is 6.68. The number of nitrogens with one attached hydrogen (secondary N) is 3. The predicted octanol–water partition coefficient (Wildman–Crippen LogP) is 4.55. The monoisotopic (exact) mass is 600 g/mol. The molecule has 3 N–H and O–H groups in total. The van der Waals surface area contributed by atoms with E-state index in [9.17, 15) is 18.8 Å². The summed E-state index contributed by atoms with van der Waals surface area (Å²) in [6.45, 7) is 2.85. The Kier molecular flexibility index (Phi) is 9.15. The molecule has 4 amide bonds. The first kappa shape index (κ1) is 30.6. The molecule has 1 fully saturated rings. The number of piperazine rings is 1. The van der Waals surface area contributed by atoms with Crippen molar-refractivity contribution in [3.63, 3.8) is 0 Å². The summed E-state index contributed by atoms with van der Waals surface area (Å²) in [6.07, 6.45) is 1.85. The standard InChI is InChI=1S/C33H37FN6O4/c1-21(26-18-35-27-8-6-5-7-25(26)27)31(32(42)36-28-17-22(19-38(2)3)9-14-29(28)44-4)37-33(43)39-15-16-40(30(41)20-39)24-12-10-23(34)11-13-24/h5-14,17-18,21,31,35H,15-16,19-20H2,1-4H3,(H,36,42)(H,37,43)/t21-,31+/m0/s1. The van der Waals surface area contributed by atoms with Crippen molar-refractivity contribution in [2.45, 2.75) is 25.4 Å². The molecule has 2 atom stereocenters. The third-order valence-electron chi connectivity index (χ3n) is 7.84. The summed E-state index contributed by atoms with van der Waals surface area (Å²) in [7, 11) is 5.45. The van der Waals surface area contributed by atoms with Gasteiger partial charge in [-0.05, 0) is 67.7 Å². The molecule has 1 aliphatic heterocycles. The van der Waals surface area contributed by atoms with Crippen LogP contribution in [0.25, 0.3) is 10.9 Å². The van der Waals surface area contributed by atoms with Gasteiger partial charge in [-0.25, -0.2) is 9.18 Å². The Hall–Kier alpha value is -4.90. The molecule has 5 rings (SSSR count). The van der Waals surface area contributed by atoms with Gasteiger partial charge < -0.3 is 35.1 Å². The molecule has 0 saturated carbocycles. The first-order valence-corrected chi connectivity index (χ1v) is 14.4. The van der Waals surface area contributed by atoms with Gasteiger partial charge in [0.05, 0.1) is 12.8 Å². The zero-order valence-electron chi connectivity index (χ0n) is 25.3. The highest BCUT2D eigenvalue weighted by atomic mass is 19.1. The molecule has 44 heavy (non-hydrogen) atoms. The minimum Gasteiger partial charge on any atom is -0.495 e.